The monoisotopic (exact) mass is 227 g/mol. The second-order valence-electron chi connectivity index (χ2n) is 4.87. The van der Waals surface area contributed by atoms with Crippen molar-refractivity contribution in [1.29, 1.82) is 0 Å². The van der Waals surface area contributed by atoms with E-state index in [0.717, 1.165) is 39.1 Å². The molecule has 2 unspecified atom stereocenters. The van der Waals surface area contributed by atoms with Crippen LogP contribution in [0.25, 0.3) is 0 Å². The highest BCUT2D eigenvalue weighted by Crippen LogP contribution is 2.19. The molecule has 0 saturated carbocycles. The highest BCUT2D eigenvalue weighted by molar-refractivity contribution is 5.83. The van der Waals surface area contributed by atoms with Gasteiger partial charge in [-0.3, -0.25) is 9.69 Å². The van der Waals surface area contributed by atoms with E-state index in [2.05, 4.69) is 4.90 Å². The number of ketones is 1. The van der Waals surface area contributed by atoms with E-state index in [1.165, 1.54) is 0 Å². The van der Waals surface area contributed by atoms with Crippen molar-refractivity contribution in [1.82, 2.24) is 4.90 Å². The number of hydrogen-bond donors (Lipinski definition) is 0. The van der Waals surface area contributed by atoms with E-state index < -0.39 is 0 Å². The molecule has 0 aliphatic carbocycles. The van der Waals surface area contributed by atoms with Crippen LogP contribution >= 0.6 is 0 Å². The van der Waals surface area contributed by atoms with Gasteiger partial charge >= 0.3 is 0 Å². The number of hydrogen-bond acceptors (Lipinski definition) is 4. The molecule has 0 aromatic heterocycles. The van der Waals surface area contributed by atoms with Crippen molar-refractivity contribution < 1.29 is 14.3 Å². The molecule has 2 aliphatic rings. The lowest BCUT2D eigenvalue weighted by atomic mass is 10.0. The number of ether oxygens (including phenoxy) is 2. The van der Waals surface area contributed by atoms with Gasteiger partial charge < -0.3 is 9.47 Å². The van der Waals surface area contributed by atoms with Crippen molar-refractivity contribution >= 4 is 5.78 Å². The van der Waals surface area contributed by atoms with Gasteiger partial charge in [-0.25, -0.2) is 0 Å². The molecule has 0 radical (unpaired) electrons. The van der Waals surface area contributed by atoms with Gasteiger partial charge in [-0.2, -0.15) is 0 Å². The van der Waals surface area contributed by atoms with Crippen LogP contribution in [0.3, 0.4) is 0 Å². The fourth-order valence-electron chi connectivity index (χ4n) is 2.57. The summed E-state index contributed by atoms with van der Waals surface area (Å²) >= 11 is 0. The summed E-state index contributed by atoms with van der Waals surface area (Å²) in [6.07, 6.45) is 2.07. The second kappa shape index (κ2) is 5.75. The Hall–Kier alpha value is -0.450. The lowest BCUT2D eigenvalue weighted by Crippen LogP contribution is -2.32. The Balaban J connectivity index is 1.71. The van der Waals surface area contributed by atoms with Gasteiger partial charge in [-0.1, -0.05) is 0 Å². The fourth-order valence-corrected chi connectivity index (χ4v) is 2.57. The SMILES string of the molecule is COCC1CCN(CC(=O)C2CCOC2)C1. The number of Topliss-reactive ketones (excluding diaryl/α,β-unsaturated/α-hetero) is 1. The average molecular weight is 227 g/mol. The van der Waals surface area contributed by atoms with Crippen LogP contribution in [-0.2, 0) is 14.3 Å². The summed E-state index contributed by atoms with van der Waals surface area (Å²) in [5.74, 6) is 1.12. The molecule has 16 heavy (non-hydrogen) atoms. The summed E-state index contributed by atoms with van der Waals surface area (Å²) in [6.45, 7) is 4.85. The third-order valence-electron chi connectivity index (χ3n) is 3.54. The van der Waals surface area contributed by atoms with E-state index in [9.17, 15) is 4.79 Å². The topological polar surface area (TPSA) is 38.8 Å². The first kappa shape index (κ1) is 12.0. The Labute approximate surface area is 96.9 Å². The summed E-state index contributed by atoms with van der Waals surface area (Å²) in [5, 5.41) is 0. The molecular weight excluding hydrogens is 206 g/mol. The molecule has 0 aromatic rings. The molecule has 2 heterocycles. The van der Waals surface area contributed by atoms with Crippen LogP contribution in [-0.4, -0.2) is 57.2 Å². The minimum Gasteiger partial charge on any atom is -0.384 e. The van der Waals surface area contributed by atoms with Gasteiger partial charge in [0.1, 0.15) is 0 Å². The molecule has 0 amide bonds. The normalized spacial score (nSPS) is 31.1. The molecule has 2 rings (SSSR count). The highest BCUT2D eigenvalue weighted by atomic mass is 16.5. The van der Waals surface area contributed by atoms with Gasteiger partial charge in [0.05, 0.1) is 19.8 Å². The zero-order chi connectivity index (χ0) is 11.4. The van der Waals surface area contributed by atoms with Crippen LogP contribution < -0.4 is 0 Å². The number of carbonyl (C=O) groups excluding carboxylic acids is 1. The van der Waals surface area contributed by atoms with Crippen LogP contribution in [0.2, 0.25) is 0 Å². The van der Waals surface area contributed by atoms with E-state index in [0.29, 0.717) is 24.9 Å². The molecule has 2 atom stereocenters. The molecule has 0 spiro atoms. The van der Waals surface area contributed by atoms with Gasteiger partial charge in [-0.15, -0.1) is 0 Å². The first-order chi connectivity index (χ1) is 7.79. The van der Waals surface area contributed by atoms with E-state index in [4.69, 9.17) is 9.47 Å². The van der Waals surface area contributed by atoms with Gasteiger partial charge in [0.2, 0.25) is 0 Å². The van der Waals surface area contributed by atoms with E-state index in [1.54, 1.807) is 7.11 Å². The van der Waals surface area contributed by atoms with Gasteiger partial charge in [0, 0.05) is 26.2 Å². The van der Waals surface area contributed by atoms with Gasteiger partial charge in [-0.05, 0) is 25.3 Å². The molecule has 0 aromatic carbocycles. The third-order valence-corrected chi connectivity index (χ3v) is 3.54. The Bertz CT molecular complexity index is 238. The Morgan fingerprint density at radius 2 is 2.38 bits per heavy atom. The summed E-state index contributed by atoms with van der Waals surface area (Å²) in [6, 6.07) is 0. The fraction of sp³-hybridized carbons (Fsp3) is 0.917. The smallest absolute Gasteiger partial charge is 0.152 e. The maximum atomic E-state index is 11.9. The van der Waals surface area contributed by atoms with Gasteiger partial charge in [0.15, 0.2) is 5.78 Å². The summed E-state index contributed by atoms with van der Waals surface area (Å²) in [5.41, 5.74) is 0. The Kier molecular flexibility index (Phi) is 4.32. The van der Waals surface area contributed by atoms with Crippen molar-refractivity contribution in [2.75, 3.05) is 46.6 Å². The van der Waals surface area contributed by atoms with Crippen LogP contribution in [0.1, 0.15) is 12.8 Å². The molecule has 2 aliphatic heterocycles. The van der Waals surface area contributed by atoms with Crippen LogP contribution in [0.5, 0.6) is 0 Å². The molecule has 0 N–H and O–H groups in total. The number of nitrogens with zero attached hydrogens (tertiary/aromatic N) is 1. The van der Waals surface area contributed by atoms with Crippen LogP contribution in [0.4, 0.5) is 0 Å². The molecule has 4 heteroatoms. The standard InChI is InChI=1S/C12H21NO3/c1-15-8-10-2-4-13(6-10)7-12(14)11-3-5-16-9-11/h10-11H,2-9H2,1H3. The predicted octanol–water partition coefficient (Wildman–Crippen LogP) is 0.560. The predicted molar refractivity (Wildman–Crippen MR) is 60.4 cm³/mol. The highest BCUT2D eigenvalue weighted by Gasteiger charge is 2.28. The first-order valence-corrected chi connectivity index (χ1v) is 6.11. The Morgan fingerprint density at radius 3 is 3.06 bits per heavy atom. The van der Waals surface area contributed by atoms with Crippen molar-refractivity contribution in [2.24, 2.45) is 11.8 Å². The summed E-state index contributed by atoms with van der Waals surface area (Å²) in [7, 11) is 1.74. The molecule has 4 nitrogen and oxygen atoms in total. The van der Waals surface area contributed by atoms with E-state index in [-0.39, 0.29) is 5.92 Å². The second-order valence-corrected chi connectivity index (χ2v) is 4.87. The average Bonchev–Trinajstić information content (AvgIpc) is 2.89. The van der Waals surface area contributed by atoms with Crippen LogP contribution in [0, 0.1) is 11.8 Å². The summed E-state index contributed by atoms with van der Waals surface area (Å²) < 4.78 is 10.4. The van der Waals surface area contributed by atoms with E-state index >= 15 is 0 Å². The number of likely N-dealkylation sites (tertiary alicyclic amines) is 1. The zero-order valence-corrected chi connectivity index (χ0v) is 9.98. The van der Waals surface area contributed by atoms with Crippen molar-refractivity contribution in [3.8, 4) is 0 Å². The largest absolute Gasteiger partial charge is 0.384 e. The molecular formula is C12H21NO3. The number of carbonyl (C=O) groups is 1. The lowest BCUT2D eigenvalue weighted by molar-refractivity contribution is -0.123. The minimum atomic E-state index is 0.154. The molecule has 2 fully saturated rings. The first-order valence-electron chi connectivity index (χ1n) is 6.11. The maximum Gasteiger partial charge on any atom is 0.152 e. The van der Waals surface area contributed by atoms with Crippen molar-refractivity contribution in [2.45, 2.75) is 12.8 Å². The molecule has 0 bridgehead atoms. The van der Waals surface area contributed by atoms with Crippen LogP contribution in [0.15, 0.2) is 0 Å². The van der Waals surface area contributed by atoms with Crippen molar-refractivity contribution in [3.63, 3.8) is 0 Å². The number of rotatable bonds is 5. The lowest BCUT2D eigenvalue weighted by Gasteiger charge is -2.16. The molecule has 92 valence electrons. The molecule has 2 saturated heterocycles. The third kappa shape index (κ3) is 3.03. The summed E-state index contributed by atoms with van der Waals surface area (Å²) in [4.78, 5) is 14.2. The quantitative estimate of drug-likeness (QED) is 0.688. The maximum absolute atomic E-state index is 11.9. The van der Waals surface area contributed by atoms with Gasteiger partial charge in [0.25, 0.3) is 0 Å². The van der Waals surface area contributed by atoms with E-state index in [1.807, 2.05) is 0 Å². The zero-order valence-electron chi connectivity index (χ0n) is 9.98. The van der Waals surface area contributed by atoms with Crippen molar-refractivity contribution in [3.05, 3.63) is 0 Å². The Morgan fingerprint density at radius 1 is 1.50 bits per heavy atom. The minimum absolute atomic E-state index is 0.154. The number of methoxy groups -OCH3 is 1.